The second-order valence-electron chi connectivity index (χ2n) is 4.21. The van der Waals surface area contributed by atoms with Crippen molar-refractivity contribution in [2.45, 2.75) is 31.8 Å². The Kier molecular flexibility index (Phi) is 3.27. The van der Waals surface area contributed by atoms with E-state index in [0.29, 0.717) is 16.5 Å². The minimum atomic E-state index is -0.552. The number of hydrogen-bond acceptors (Lipinski definition) is 1. The molecule has 1 aromatic rings. The normalized spacial score (nSPS) is 18.6. The third-order valence-electron chi connectivity index (χ3n) is 3.10. The van der Waals surface area contributed by atoms with Gasteiger partial charge in [0.1, 0.15) is 5.82 Å². The molecule has 1 nitrogen and oxygen atoms in total. The molecule has 0 aromatic heterocycles. The standard InChI is InChI=1S/C12H14ClFO/c13-11-7-9(14)4-5-10(11)12(15)6-8-2-1-3-8/h4-5,7-8,12,15H,1-3,6H2. The maximum Gasteiger partial charge on any atom is 0.124 e. The Bertz CT molecular complexity index is 349. The van der Waals surface area contributed by atoms with E-state index in [2.05, 4.69) is 0 Å². The van der Waals surface area contributed by atoms with Crippen molar-refractivity contribution in [3.8, 4) is 0 Å². The molecule has 1 aliphatic carbocycles. The van der Waals surface area contributed by atoms with Crippen LogP contribution in [0.2, 0.25) is 5.02 Å². The van der Waals surface area contributed by atoms with Crippen LogP contribution in [0.4, 0.5) is 4.39 Å². The topological polar surface area (TPSA) is 20.2 Å². The molecular weight excluding hydrogens is 215 g/mol. The molecule has 1 fully saturated rings. The Labute approximate surface area is 93.9 Å². The van der Waals surface area contributed by atoms with Crippen molar-refractivity contribution in [2.75, 3.05) is 0 Å². The smallest absolute Gasteiger partial charge is 0.124 e. The lowest BCUT2D eigenvalue weighted by atomic mass is 9.80. The third kappa shape index (κ3) is 2.50. The number of benzene rings is 1. The van der Waals surface area contributed by atoms with E-state index >= 15 is 0 Å². The monoisotopic (exact) mass is 228 g/mol. The molecule has 1 saturated carbocycles. The zero-order chi connectivity index (χ0) is 10.8. The largest absolute Gasteiger partial charge is 0.388 e. The Morgan fingerprint density at radius 2 is 2.20 bits per heavy atom. The molecule has 0 bridgehead atoms. The first kappa shape index (κ1) is 10.9. The predicted octanol–water partition coefficient (Wildman–Crippen LogP) is 3.70. The van der Waals surface area contributed by atoms with E-state index in [1.165, 1.54) is 31.4 Å². The van der Waals surface area contributed by atoms with Crippen LogP contribution in [0.1, 0.15) is 37.4 Å². The number of aliphatic hydroxyl groups excluding tert-OH is 1. The number of halogens is 2. The molecule has 15 heavy (non-hydrogen) atoms. The van der Waals surface area contributed by atoms with Crippen LogP contribution in [0, 0.1) is 11.7 Å². The average molecular weight is 229 g/mol. The Hall–Kier alpha value is -0.600. The van der Waals surface area contributed by atoms with E-state index in [-0.39, 0.29) is 5.82 Å². The van der Waals surface area contributed by atoms with Crippen LogP contribution in [-0.4, -0.2) is 5.11 Å². The van der Waals surface area contributed by atoms with Crippen molar-refractivity contribution in [2.24, 2.45) is 5.92 Å². The molecule has 0 aliphatic heterocycles. The lowest BCUT2D eigenvalue weighted by molar-refractivity contribution is 0.118. The first-order valence-corrected chi connectivity index (χ1v) is 5.67. The second-order valence-corrected chi connectivity index (χ2v) is 4.62. The molecule has 1 aromatic carbocycles. The molecular formula is C12H14ClFO. The third-order valence-corrected chi connectivity index (χ3v) is 3.43. The predicted molar refractivity (Wildman–Crippen MR) is 58.3 cm³/mol. The summed E-state index contributed by atoms with van der Waals surface area (Å²) >= 11 is 5.87. The number of hydrogen-bond donors (Lipinski definition) is 1. The fourth-order valence-electron chi connectivity index (χ4n) is 1.94. The quantitative estimate of drug-likeness (QED) is 0.837. The summed E-state index contributed by atoms with van der Waals surface area (Å²) in [5.74, 6) is 0.251. The maximum absolute atomic E-state index is 12.8. The van der Waals surface area contributed by atoms with Crippen LogP contribution < -0.4 is 0 Å². The first-order valence-electron chi connectivity index (χ1n) is 5.30. The fourth-order valence-corrected chi connectivity index (χ4v) is 2.24. The molecule has 0 radical (unpaired) electrons. The highest BCUT2D eigenvalue weighted by Crippen LogP contribution is 2.36. The summed E-state index contributed by atoms with van der Waals surface area (Å²) in [6.45, 7) is 0. The van der Waals surface area contributed by atoms with E-state index < -0.39 is 6.10 Å². The second kappa shape index (κ2) is 4.50. The molecule has 1 N–H and O–H groups in total. The number of aliphatic hydroxyl groups is 1. The zero-order valence-electron chi connectivity index (χ0n) is 8.42. The summed E-state index contributed by atoms with van der Waals surface area (Å²) in [4.78, 5) is 0. The molecule has 0 amide bonds. The maximum atomic E-state index is 12.8. The van der Waals surface area contributed by atoms with Crippen molar-refractivity contribution in [1.29, 1.82) is 0 Å². The summed E-state index contributed by atoms with van der Waals surface area (Å²) in [6.07, 6.45) is 3.83. The van der Waals surface area contributed by atoms with Gasteiger partial charge in [-0.2, -0.15) is 0 Å². The summed E-state index contributed by atoms with van der Waals surface area (Å²) in [5, 5.41) is 10.2. The van der Waals surface area contributed by atoms with Gasteiger partial charge in [-0.25, -0.2) is 4.39 Å². The average Bonchev–Trinajstić information content (AvgIpc) is 2.11. The van der Waals surface area contributed by atoms with Crippen LogP contribution in [-0.2, 0) is 0 Å². The van der Waals surface area contributed by atoms with Crippen molar-refractivity contribution in [3.05, 3.63) is 34.6 Å². The van der Waals surface area contributed by atoms with Gasteiger partial charge in [0.2, 0.25) is 0 Å². The van der Waals surface area contributed by atoms with Gasteiger partial charge in [-0.1, -0.05) is 36.9 Å². The minimum Gasteiger partial charge on any atom is -0.388 e. The summed E-state index contributed by atoms with van der Waals surface area (Å²) in [6, 6.07) is 4.16. The molecule has 0 spiro atoms. The Balaban J connectivity index is 2.06. The molecule has 3 heteroatoms. The van der Waals surface area contributed by atoms with Gasteiger partial charge in [0.05, 0.1) is 6.10 Å². The Morgan fingerprint density at radius 1 is 1.47 bits per heavy atom. The van der Waals surface area contributed by atoms with Crippen LogP contribution in [0.25, 0.3) is 0 Å². The molecule has 0 heterocycles. The van der Waals surface area contributed by atoms with Gasteiger partial charge in [0.15, 0.2) is 0 Å². The molecule has 1 aliphatic rings. The van der Waals surface area contributed by atoms with E-state index in [0.717, 1.165) is 6.42 Å². The van der Waals surface area contributed by atoms with E-state index in [1.54, 1.807) is 6.07 Å². The highest BCUT2D eigenvalue weighted by Gasteiger charge is 2.22. The molecule has 1 unspecified atom stereocenters. The highest BCUT2D eigenvalue weighted by atomic mass is 35.5. The van der Waals surface area contributed by atoms with Crippen LogP contribution in [0.15, 0.2) is 18.2 Å². The molecule has 1 atom stereocenters. The van der Waals surface area contributed by atoms with Gasteiger partial charge in [-0.3, -0.25) is 0 Å². The lowest BCUT2D eigenvalue weighted by Gasteiger charge is -2.27. The van der Waals surface area contributed by atoms with Crippen LogP contribution in [0.5, 0.6) is 0 Å². The molecule has 82 valence electrons. The van der Waals surface area contributed by atoms with Crippen molar-refractivity contribution >= 4 is 11.6 Å². The Morgan fingerprint density at radius 3 is 2.73 bits per heavy atom. The molecule has 0 saturated heterocycles. The SMILES string of the molecule is OC(CC1CCC1)c1ccc(F)cc1Cl. The van der Waals surface area contributed by atoms with Gasteiger partial charge in [0.25, 0.3) is 0 Å². The summed E-state index contributed by atoms with van der Waals surface area (Å²) in [7, 11) is 0. The van der Waals surface area contributed by atoms with Crippen molar-refractivity contribution < 1.29 is 9.50 Å². The lowest BCUT2D eigenvalue weighted by Crippen LogP contribution is -2.15. The fraction of sp³-hybridized carbons (Fsp3) is 0.500. The van der Waals surface area contributed by atoms with E-state index in [1.807, 2.05) is 0 Å². The van der Waals surface area contributed by atoms with Crippen LogP contribution in [0.3, 0.4) is 0 Å². The van der Waals surface area contributed by atoms with Crippen molar-refractivity contribution in [3.63, 3.8) is 0 Å². The van der Waals surface area contributed by atoms with E-state index in [9.17, 15) is 9.50 Å². The molecule has 2 rings (SSSR count). The van der Waals surface area contributed by atoms with Gasteiger partial charge in [0, 0.05) is 5.02 Å². The highest BCUT2D eigenvalue weighted by molar-refractivity contribution is 6.31. The van der Waals surface area contributed by atoms with E-state index in [4.69, 9.17) is 11.6 Å². The first-order chi connectivity index (χ1) is 7.16. The zero-order valence-corrected chi connectivity index (χ0v) is 9.17. The van der Waals surface area contributed by atoms with Gasteiger partial charge < -0.3 is 5.11 Å². The minimum absolute atomic E-state index is 0.321. The van der Waals surface area contributed by atoms with Crippen LogP contribution >= 0.6 is 11.6 Å². The van der Waals surface area contributed by atoms with Gasteiger partial charge in [-0.15, -0.1) is 0 Å². The van der Waals surface area contributed by atoms with Gasteiger partial charge in [-0.05, 0) is 30.0 Å². The van der Waals surface area contributed by atoms with Gasteiger partial charge >= 0.3 is 0 Å². The van der Waals surface area contributed by atoms with Crippen molar-refractivity contribution in [1.82, 2.24) is 0 Å². The number of rotatable bonds is 3. The summed E-state index contributed by atoms with van der Waals surface area (Å²) < 4.78 is 12.8. The summed E-state index contributed by atoms with van der Waals surface area (Å²) in [5.41, 5.74) is 0.643.